The smallest absolute Gasteiger partial charge is 0.315 e. The Morgan fingerprint density at radius 1 is 1.03 bits per heavy atom. The summed E-state index contributed by atoms with van der Waals surface area (Å²) < 4.78 is 5.22. The molecule has 2 aromatic rings. The molecule has 1 atom stereocenters. The molecule has 3 amide bonds. The van der Waals surface area contributed by atoms with E-state index in [0.717, 1.165) is 44.2 Å². The monoisotopic (exact) mass is 471 g/mol. The average molecular weight is 472 g/mol. The maximum atomic E-state index is 12.3. The largest absolute Gasteiger partial charge is 0.497 e. The molecule has 9 heteroatoms. The second-order valence-electron chi connectivity index (χ2n) is 8.31. The minimum absolute atomic E-state index is 0.00245. The number of benzene rings is 2. The zero-order valence-corrected chi connectivity index (χ0v) is 19.6. The Morgan fingerprint density at radius 2 is 1.70 bits per heavy atom. The van der Waals surface area contributed by atoms with E-state index in [1.165, 1.54) is 5.69 Å². The summed E-state index contributed by atoms with van der Waals surface area (Å²) in [4.78, 5) is 31.0. The Kier molecular flexibility index (Phi) is 7.57. The molecule has 8 nitrogen and oxygen atoms in total. The van der Waals surface area contributed by atoms with Crippen molar-refractivity contribution in [2.45, 2.75) is 12.5 Å². The minimum Gasteiger partial charge on any atom is -0.497 e. The average Bonchev–Trinajstić information content (AvgIpc) is 3.19. The van der Waals surface area contributed by atoms with Crippen LogP contribution in [0.25, 0.3) is 0 Å². The molecular formula is C24H30ClN5O3. The van der Waals surface area contributed by atoms with Gasteiger partial charge in [0.25, 0.3) is 0 Å². The van der Waals surface area contributed by atoms with Crippen molar-refractivity contribution in [2.24, 2.45) is 0 Å². The van der Waals surface area contributed by atoms with Gasteiger partial charge < -0.3 is 25.2 Å². The molecule has 33 heavy (non-hydrogen) atoms. The van der Waals surface area contributed by atoms with Gasteiger partial charge in [-0.05, 0) is 48.5 Å². The second kappa shape index (κ2) is 10.8. The molecule has 0 spiro atoms. The van der Waals surface area contributed by atoms with Crippen LogP contribution >= 0.6 is 11.6 Å². The number of carbonyl (C=O) groups excluding carboxylic acids is 2. The molecule has 0 aromatic heterocycles. The van der Waals surface area contributed by atoms with Gasteiger partial charge >= 0.3 is 6.03 Å². The van der Waals surface area contributed by atoms with Gasteiger partial charge in [-0.2, -0.15) is 0 Å². The summed E-state index contributed by atoms with van der Waals surface area (Å²) in [5.74, 6) is 0.860. The molecule has 176 valence electrons. The van der Waals surface area contributed by atoms with Crippen LogP contribution in [0.1, 0.15) is 6.42 Å². The maximum Gasteiger partial charge on any atom is 0.315 e. The van der Waals surface area contributed by atoms with Crippen LogP contribution in [0.2, 0.25) is 5.02 Å². The van der Waals surface area contributed by atoms with Crippen molar-refractivity contribution >= 4 is 34.9 Å². The van der Waals surface area contributed by atoms with Gasteiger partial charge in [0, 0.05) is 68.6 Å². The van der Waals surface area contributed by atoms with E-state index in [1.54, 1.807) is 24.1 Å². The third kappa shape index (κ3) is 6.09. The number of piperazine rings is 1. The third-order valence-corrected chi connectivity index (χ3v) is 6.37. The molecule has 0 radical (unpaired) electrons. The Labute approximate surface area is 199 Å². The zero-order chi connectivity index (χ0) is 23.2. The van der Waals surface area contributed by atoms with Gasteiger partial charge in [0.1, 0.15) is 5.75 Å². The van der Waals surface area contributed by atoms with Crippen LogP contribution in [0.4, 0.5) is 16.2 Å². The number of halogens is 1. The fourth-order valence-corrected chi connectivity index (χ4v) is 4.39. The van der Waals surface area contributed by atoms with Gasteiger partial charge in [0.05, 0.1) is 13.2 Å². The van der Waals surface area contributed by atoms with E-state index in [9.17, 15) is 9.59 Å². The number of rotatable bonds is 7. The van der Waals surface area contributed by atoms with Gasteiger partial charge in [0.2, 0.25) is 5.91 Å². The molecule has 2 aromatic carbocycles. The van der Waals surface area contributed by atoms with E-state index in [2.05, 4.69) is 32.6 Å². The number of urea groups is 1. The number of nitrogens with one attached hydrogen (secondary N) is 2. The van der Waals surface area contributed by atoms with Crippen molar-refractivity contribution < 1.29 is 14.3 Å². The molecule has 2 fully saturated rings. The lowest BCUT2D eigenvalue weighted by Gasteiger charge is -2.36. The van der Waals surface area contributed by atoms with Crippen LogP contribution in [-0.2, 0) is 4.79 Å². The van der Waals surface area contributed by atoms with Gasteiger partial charge in [-0.15, -0.1) is 0 Å². The predicted octanol–water partition coefficient (Wildman–Crippen LogP) is 2.58. The van der Waals surface area contributed by atoms with Crippen LogP contribution in [0.3, 0.4) is 0 Å². The number of anilines is 2. The van der Waals surface area contributed by atoms with E-state index >= 15 is 0 Å². The number of amides is 3. The lowest BCUT2D eigenvalue weighted by atomic mass is 10.2. The van der Waals surface area contributed by atoms with Crippen LogP contribution < -0.4 is 25.2 Å². The minimum atomic E-state index is -0.234. The number of nitrogens with zero attached hydrogens (tertiary/aromatic N) is 3. The zero-order valence-electron chi connectivity index (χ0n) is 18.8. The molecular weight excluding hydrogens is 442 g/mol. The van der Waals surface area contributed by atoms with Gasteiger partial charge in [-0.1, -0.05) is 11.6 Å². The number of hydrogen-bond acceptors (Lipinski definition) is 5. The van der Waals surface area contributed by atoms with Crippen molar-refractivity contribution in [2.75, 3.05) is 62.7 Å². The standard InChI is InChI=1S/C24H30ClN5O3/c1-33-22-8-6-20(7-9-22)29-14-12-28(13-15-29)11-10-26-24(32)27-19-16-23(31)30(17-19)21-4-2-18(25)3-5-21/h2-9,19H,10-17H2,1H3,(H2,26,27,32). The lowest BCUT2D eigenvalue weighted by molar-refractivity contribution is -0.117. The maximum absolute atomic E-state index is 12.3. The van der Waals surface area contributed by atoms with Gasteiger partial charge in [-0.25, -0.2) is 4.79 Å². The molecule has 0 bridgehead atoms. The van der Waals surface area contributed by atoms with Gasteiger partial charge in [0.15, 0.2) is 0 Å². The number of ether oxygens (including phenoxy) is 1. The summed E-state index contributed by atoms with van der Waals surface area (Å²) in [6, 6.07) is 14.8. The first-order valence-electron chi connectivity index (χ1n) is 11.2. The first-order valence-corrected chi connectivity index (χ1v) is 11.6. The van der Waals surface area contributed by atoms with Crippen LogP contribution in [0.15, 0.2) is 48.5 Å². The highest BCUT2D eigenvalue weighted by atomic mass is 35.5. The summed E-state index contributed by atoms with van der Waals surface area (Å²) in [6.45, 7) is 5.61. The lowest BCUT2D eigenvalue weighted by Crippen LogP contribution is -2.50. The molecule has 2 aliphatic rings. The van der Waals surface area contributed by atoms with E-state index in [1.807, 2.05) is 24.3 Å². The van der Waals surface area contributed by atoms with Crippen molar-refractivity contribution in [1.82, 2.24) is 15.5 Å². The topological polar surface area (TPSA) is 77.1 Å². The quantitative estimate of drug-likeness (QED) is 0.649. The molecule has 2 saturated heterocycles. The molecule has 2 heterocycles. The highest BCUT2D eigenvalue weighted by Crippen LogP contribution is 2.23. The third-order valence-electron chi connectivity index (χ3n) is 6.12. The molecule has 0 aliphatic carbocycles. The Bertz CT molecular complexity index is 946. The summed E-state index contributed by atoms with van der Waals surface area (Å²) in [5, 5.41) is 6.47. The normalized spacial score (nSPS) is 19.0. The summed E-state index contributed by atoms with van der Waals surface area (Å²) >= 11 is 5.92. The number of methoxy groups -OCH3 is 1. The van der Waals surface area contributed by atoms with Crippen LogP contribution in [-0.4, -0.2) is 75.8 Å². The Hall–Kier alpha value is -2.97. The summed E-state index contributed by atoms with van der Waals surface area (Å²) in [7, 11) is 1.67. The predicted molar refractivity (Wildman–Crippen MR) is 130 cm³/mol. The Balaban J connectivity index is 1.14. The van der Waals surface area contributed by atoms with E-state index in [4.69, 9.17) is 16.3 Å². The number of hydrogen-bond donors (Lipinski definition) is 2. The SMILES string of the molecule is COc1ccc(N2CCN(CCNC(=O)NC3CC(=O)N(c4ccc(Cl)cc4)C3)CC2)cc1. The highest BCUT2D eigenvalue weighted by Gasteiger charge is 2.31. The van der Waals surface area contributed by atoms with Crippen molar-refractivity contribution in [3.63, 3.8) is 0 Å². The molecule has 2 N–H and O–H groups in total. The highest BCUT2D eigenvalue weighted by molar-refractivity contribution is 6.30. The molecule has 0 saturated carbocycles. The first kappa shape index (κ1) is 23.2. The van der Waals surface area contributed by atoms with E-state index < -0.39 is 0 Å². The second-order valence-corrected chi connectivity index (χ2v) is 8.75. The van der Waals surface area contributed by atoms with E-state index in [-0.39, 0.29) is 18.0 Å². The fraction of sp³-hybridized carbons (Fsp3) is 0.417. The summed E-state index contributed by atoms with van der Waals surface area (Å²) in [6.07, 6.45) is 0.295. The van der Waals surface area contributed by atoms with Crippen molar-refractivity contribution in [1.29, 1.82) is 0 Å². The van der Waals surface area contributed by atoms with Crippen LogP contribution in [0, 0.1) is 0 Å². The first-order chi connectivity index (χ1) is 16.0. The van der Waals surface area contributed by atoms with Crippen molar-refractivity contribution in [3.05, 3.63) is 53.6 Å². The molecule has 2 aliphatic heterocycles. The summed E-state index contributed by atoms with van der Waals surface area (Å²) in [5.41, 5.74) is 1.99. The van der Waals surface area contributed by atoms with E-state index in [0.29, 0.717) is 24.5 Å². The fourth-order valence-electron chi connectivity index (χ4n) is 4.26. The molecule has 4 rings (SSSR count). The van der Waals surface area contributed by atoms with Crippen LogP contribution in [0.5, 0.6) is 5.75 Å². The van der Waals surface area contributed by atoms with Crippen molar-refractivity contribution in [3.8, 4) is 5.75 Å². The molecule has 1 unspecified atom stereocenters. The van der Waals surface area contributed by atoms with Gasteiger partial charge in [-0.3, -0.25) is 9.69 Å². The Morgan fingerprint density at radius 3 is 2.36 bits per heavy atom. The number of carbonyl (C=O) groups is 2.